The number of benzene rings is 3. The van der Waals surface area contributed by atoms with Gasteiger partial charge in [-0.15, -0.1) is 0 Å². The molecular formula is C24H25NO2. The summed E-state index contributed by atoms with van der Waals surface area (Å²) in [6.07, 6.45) is 1.15. The van der Waals surface area contributed by atoms with Crippen molar-refractivity contribution >= 4 is 5.91 Å². The van der Waals surface area contributed by atoms with Gasteiger partial charge in [-0.25, -0.2) is 0 Å². The molecule has 0 N–H and O–H groups in total. The summed E-state index contributed by atoms with van der Waals surface area (Å²) in [5.74, 6) is 0.970. The Morgan fingerprint density at radius 2 is 1.48 bits per heavy atom. The van der Waals surface area contributed by atoms with Crippen molar-refractivity contribution in [3.8, 4) is 16.9 Å². The van der Waals surface area contributed by atoms with Gasteiger partial charge in [0.2, 0.25) is 5.91 Å². The van der Waals surface area contributed by atoms with E-state index in [1.54, 1.807) is 12.0 Å². The fraction of sp³-hybridized carbons (Fsp3) is 0.208. The summed E-state index contributed by atoms with van der Waals surface area (Å²) in [6.45, 7) is 0.611. The highest BCUT2D eigenvalue weighted by atomic mass is 16.5. The van der Waals surface area contributed by atoms with Gasteiger partial charge in [-0.1, -0.05) is 72.8 Å². The van der Waals surface area contributed by atoms with Crippen LogP contribution >= 0.6 is 0 Å². The summed E-state index contributed by atoms with van der Waals surface area (Å²) in [4.78, 5) is 14.3. The summed E-state index contributed by atoms with van der Waals surface area (Å²) in [5.41, 5.74) is 4.58. The van der Waals surface area contributed by atoms with Crippen LogP contribution < -0.4 is 4.74 Å². The minimum absolute atomic E-state index is 0.132. The third kappa shape index (κ3) is 4.98. The summed E-state index contributed by atoms with van der Waals surface area (Å²) < 4.78 is 5.36. The van der Waals surface area contributed by atoms with E-state index < -0.39 is 0 Å². The smallest absolute Gasteiger partial charge is 0.222 e. The van der Waals surface area contributed by atoms with E-state index in [-0.39, 0.29) is 5.91 Å². The van der Waals surface area contributed by atoms with Gasteiger partial charge in [-0.05, 0) is 34.7 Å². The normalized spacial score (nSPS) is 10.4. The molecule has 0 radical (unpaired) electrons. The lowest BCUT2D eigenvalue weighted by Gasteiger charge is -2.18. The van der Waals surface area contributed by atoms with Crippen LogP contribution in [-0.2, 0) is 17.8 Å². The molecule has 0 saturated heterocycles. The van der Waals surface area contributed by atoms with Crippen LogP contribution in [0.3, 0.4) is 0 Å². The molecule has 138 valence electrons. The Balaban J connectivity index is 1.56. The molecule has 0 fully saturated rings. The van der Waals surface area contributed by atoms with Crippen molar-refractivity contribution in [2.24, 2.45) is 0 Å². The van der Waals surface area contributed by atoms with Gasteiger partial charge < -0.3 is 9.64 Å². The Bertz CT molecular complexity index is 872. The lowest BCUT2D eigenvalue weighted by Crippen LogP contribution is -2.26. The second kappa shape index (κ2) is 9.04. The highest BCUT2D eigenvalue weighted by Gasteiger charge is 2.11. The van der Waals surface area contributed by atoms with Gasteiger partial charge in [0.1, 0.15) is 5.75 Å². The molecule has 0 heterocycles. The maximum Gasteiger partial charge on any atom is 0.222 e. The van der Waals surface area contributed by atoms with Gasteiger partial charge in [0, 0.05) is 20.0 Å². The average Bonchev–Trinajstić information content (AvgIpc) is 2.73. The van der Waals surface area contributed by atoms with Crippen LogP contribution in [-0.4, -0.2) is 25.0 Å². The predicted molar refractivity (Wildman–Crippen MR) is 110 cm³/mol. The molecule has 0 aliphatic heterocycles. The molecule has 1 amide bonds. The van der Waals surface area contributed by atoms with E-state index in [2.05, 4.69) is 36.4 Å². The van der Waals surface area contributed by atoms with Gasteiger partial charge in [-0.2, -0.15) is 0 Å². The van der Waals surface area contributed by atoms with Gasteiger partial charge in [0.05, 0.1) is 7.11 Å². The van der Waals surface area contributed by atoms with Crippen LogP contribution in [0.1, 0.15) is 17.5 Å². The number of aryl methyl sites for hydroxylation is 1. The number of ether oxygens (including phenoxy) is 1. The van der Waals surface area contributed by atoms with E-state index in [0.29, 0.717) is 19.4 Å². The molecule has 3 rings (SSSR count). The third-order valence-corrected chi connectivity index (χ3v) is 4.71. The second-order valence-corrected chi connectivity index (χ2v) is 6.62. The number of para-hydroxylation sites is 1. The van der Waals surface area contributed by atoms with E-state index in [1.165, 1.54) is 11.1 Å². The number of amides is 1. The van der Waals surface area contributed by atoms with Gasteiger partial charge in [0.25, 0.3) is 0 Å². The van der Waals surface area contributed by atoms with Crippen LogP contribution in [0.4, 0.5) is 0 Å². The van der Waals surface area contributed by atoms with Crippen molar-refractivity contribution < 1.29 is 9.53 Å². The highest BCUT2D eigenvalue weighted by Crippen LogP contribution is 2.21. The lowest BCUT2D eigenvalue weighted by atomic mass is 10.0. The average molecular weight is 359 g/mol. The minimum atomic E-state index is 0.132. The molecule has 0 saturated carbocycles. The van der Waals surface area contributed by atoms with E-state index in [1.807, 2.05) is 49.5 Å². The molecule has 3 aromatic carbocycles. The highest BCUT2D eigenvalue weighted by molar-refractivity contribution is 5.76. The fourth-order valence-corrected chi connectivity index (χ4v) is 3.14. The molecule has 0 aliphatic rings. The summed E-state index contributed by atoms with van der Waals surface area (Å²) in [5, 5.41) is 0. The zero-order valence-corrected chi connectivity index (χ0v) is 15.9. The monoisotopic (exact) mass is 359 g/mol. The molecule has 0 atom stereocenters. The second-order valence-electron chi connectivity index (χ2n) is 6.62. The van der Waals surface area contributed by atoms with Crippen LogP contribution in [0, 0.1) is 0 Å². The maximum atomic E-state index is 12.5. The number of nitrogens with zero attached hydrogens (tertiary/aromatic N) is 1. The molecule has 0 aromatic heterocycles. The van der Waals surface area contributed by atoms with Crippen LogP contribution in [0.15, 0.2) is 78.9 Å². The molecular weight excluding hydrogens is 334 g/mol. The van der Waals surface area contributed by atoms with Crippen molar-refractivity contribution in [3.63, 3.8) is 0 Å². The first kappa shape index (κ1) is 18.7. The summed E-state index contributed by atoms with van der Waals surface area (Å²) in [6, 6.07) is 26.5. The first-order chi connectivity index (χ1) is 13.2. The summed E-state index contributed by atoms with van der Waals surface area (Å²) in [7, 11) is 3.52. The molecule has 0 bridgehead atoms. The standard InChI is InChI=1S/C24H25NO2/c1-25(24(26)17-16-22-10-6-7-11-23(22)27-2)18-19-12-14-21(15-13-19)20-8-4-3-5-9-20/h3-15H,16-18H2,1-2H3. The Morgan fingerprint density at radius 3 is 2.19 bits per heavy atom. The van der Waals surface area contributed by atoms with Crippen molar-refractivity contribution in [1.29, 1.82) is 0 Å². The van der Waals surface area contributed by atoms with Crippen molar-refractivity contribution in [2.45, 2.75) is 19.4 Å². The van der Waals surface area contributed by atoms with E-state index in [4.69, 9.17) is 4.74 Å². The maximum absolute atomic E-state index is 12.5. The van der Waals surface area contributed by atoms with Crippen LogP contribution in [0.2, 0.25) is 0 Å². The number of rotatable bonds is 7. The van der Waals surface area contributed by atoms with Gasteiger partial charge in [0.15, 0.2) is 0 Å². The van der Waals surface area contributed by atoms with Gasteiger partial charge in [-0.3, -0.25) is 4.79 Å². The molecule has 3 aromatic rings. The molecule has 0 unspecified atom stereocenters. The number of methoxy groups -OCH3 is 1. The molecule has 27 heavy (non-hydrogen) atoms. The van der Waals surface area contributed by atoms with Crippen LogP contribution in [0.5, 0.6) is 5.75 Å². The van der Waals surface area contributed by atoms with Crippen molar-refractivity contribution in [1.82, 2.24) is 4.90 Å². The molecule has 0 aliphatic carbocycles. The Kier molecular flexibility index (Phi) is 6.26. The summed E-state index contributed by atoms with van der Waals surface area (Å²) >= 11 is 0. The first-order valence-electron chi connectivity index (χ1n) is 9.17. The number of hydrogen-bond donors (Lipinski definition) is 0. The Hall–Kier alpha value is -3.07. The van der Waals surface area contributed by atoms with Gasteiger partial charge >= 0.3 is 0 Å². The van der Waals surface area contributed by atoms with Crippen molar-refractivity contribution in [2.75, 3.05) is 14.2 Å². The first-order valence-corrected chi connectivity index (χ1v) is 9.17. The largest absolute Gasteiger partial charge is 0.496 e. The van der Waals surface area contributed by atoms with E-state index in [0.717, 1.165) is 16.9 Å². The molecule has 0 spiro atoms. The quantitative estimate of drug-likeness (QED) is 0.597. The van der Waals surface area contributed by atoms with E-state index >= 15 is 0 Å². The lowest BCUT2D eigenvalue weighted by molar-refractivity contribution is -0.130. The Labute approximate surface area is 161 Å². The minimum Gasteiger partial charge on any atom is -0.496 e. The van der Waals surface area contributed by atoms with Crippen molar-refractivity contribution in [3.05, 3.63) is 90.0 Å². The Morgan fingerprint density at radius 1 is 0.852 bits per heavy atom. The number of hydrogen-bond acceptors (Lipinski definition) is 2. The molecule has 3 nitrogen and oxygen atoms in total. The fourth-order valence-electron chi connectivity index (χ4n) is 3.14. The molecule has 3 heteroatoms. The SMILES string of the molecule is COc1ccccc1CCC(=O)N(C)Cc1ccc(-c2ccccc2)cc1. The zero-order chi connectivity index (χ0) is 19.1. The zero-order valence-electron chi connectivity index (χ0n) is 15.9. The number of carbonyl (C=O) groups excluding carboxylic acids is 1. The van der Waals surface area contributed by atoms with E-state index in [9.17, 15) is 4.79 Å². The van der Waals surface area contributed by atoms with Crippen LogP contribution in [0.25, 0.3) is 11.1 Å². The number of carbonyl (C=O) groups is 1. The topological polar surface area (TPSA) is 29.5 Å². The predicted octanol–water partition coefficient (Wildman–Crippen LogP) is 4.95. The third-order valence-electron chi connectivity index (χ3n) is 4.71.